The molecule has 0 radical (unpaired) electrons. The summed E-state index contributed by atoms with van der Waals surface area (Å²) in [4.78, 5) is 46.6. The number of carboxylic acids is 2. The van der Waals surface area contributed by atoms with E-state index in [4.69, 9.17) is 0 Å². The van der Waals surface area contributed by atoms with Crippen molar-refractivity contribution in [3.05, 3.63) is 24.3 Å². The fourth-order valence-electron chi connectivity index (χ4n) is 5.64. The third-order valence-corrected chi connectivity index (χ3v) is 8.89. The molecule has 0 unspecified atom stereocenters. The quantitative estimate of drug-likeness (QED) is 0.0373. The van der Waals surface area contributed by atoms with Gasteiger partial charge in [-0.25, -0.2) is 0 Å². The molecule has 0 fully saturated rings. The first-order chi connectivity index (χ1) is 24.1. The van der Waals surface area contributed by atoms with Crippen LogP contribution in [-0.4, -0.2) is 98.5 Å². The van der Waals surface area contributed by atoms with E-state index in [-0.39, 0.29) is 62.6 Å². The Morgan fingerprint density at radius 2 is 0.647 bits per heavy atom. The fourth-order valence-corrected chi connectivity index (χ4v) is 5.64. The number of likely N-dealkylation sites (N-methyl/N-ethyl adjacent to an activating group) is 2. The molecule has 8 nitrogen and oxygen atoms in total. The number of aliphatic carboxylic acids is 2. The Kier molecular flexibility index (Phi) is 45.5. The molecule has 0 N–H and O–H groups in total. The summed E-state index contributed by atoms with van der Waals surface area (Å²) < 4.78 is 0. The third kappa shape index (κ3) is 44.7. The molecule has 0 aromatic rings. The molecule has 9 heteroatoms. The van der Waals surface area contributed by atoms with Gasteiger partial charge < -0.3 is 29.6 Å². The summed E-state index contributed by atoms with van der Waals surface area (Å²) in [6, 6.07) is 0. The number of unbranched alkanes of at least 4 members (excludes halogenated alkanes) is 22. The van der Waals surface area contributed by atoms with Crippen LogP contribution < -0.4 is 10.2 Å². The van der Waals surface area contributed by atoms with Crippen LogP contribution in [0.3, 0.4) is 0 Å². The SMILES string of the molecule is CCCCCCCC/C=C\CCCCCCCC(=O)N(C)CC(=O)[O-].CCCCCCCC/C=C\CCCCCCCC(=O)N(C)CC(=O)[O-].[Ca+2]. The van der Waals surface area contributed by atoms with Crippen LogP contribution in [-0.2, 0) is 19.2 Å². The first-order valence-corrected chi connectivity index (χ1v) is 20.3. The van der Waals surface area contributed by atoms with E-state index in [0.29, 0.717) is 12.8 Å². The molecule has 0 saturated carbocycles. The second-order valence-corrected chi connectivity index (χ2v) is 13.9. The Balaban J connectivity index is -0.000000886. The largest absolute Gasteiger partial charge is 2.00 e. The minimum absolute atomic E-state index is 0. The molecule has 0 rings (SSSR count). The number of carboxylic acid groups (broad SMARTS) is 2. The van der Waals surface area contributed by atoms with Crippen molar-refractivity contribution in [1.29, 1.82) is 0 Å². The van der Waals surface area contributed by atoms with Crippen LogP contribution in [0.1, 0.15) is 194 Å². The Morgan fingerprint density at radius 1 is 0.412 bits per heavy atom. The third-order valence-electron chi connectivity index (χ3n) is 8.89. The van der Waals surface area contributed by atoms with Gasteiger partial charge in [-0.15, -0.1) is 0 Å². The number of amides is 2. The van der Waals surface area contributed by atoms with E-state index in [1.807, 2.05) is 0 Å². The topological polar surface area (TPSA) is 121 Å². The van der Waals surface area contributed by atoms with Gasteiger partial charge in [0.05, 0.1) is 25.0 Å². The molecular weight excluding hydrogens is 669 g/mol. The molecule has 2 amide bonds. The van der Waals surface area contributed by atoms with Crippen molar-refractivity contribution in [1.82, 2.24) is 9.80 Å². The van der Waals surface area contributed by atoms with Gasteiger partial charge >= 0.3 is 37.7 Å². The minimum atomic E-state index is -1.21. The first-order valence-electron chi connectivity index (χ1n) is 20.3. The van der Waals surface area contributed by atoms with Gasteiger partial charge in [0, 0.05) is 26.9 Å². The van der Waals surface area contributed by atoms with Crippen LogP contribution in [0.5, 0.6) is 0 Å². The van der Waals surface area contributed by atoms with Gasteiger partial charge in [0.25, 0.3) is 0 Å². The average molecular weight is 745 g/mol. The fraction of sp³-hybridized carbons (Fsp3) is 0.810. The van der Waals surface area contributed by atoms with Crippen LogP contribution in [0.25, 0.3) is 0 Å². The van der Waals surface area contributed by atoms with Gasteiger partial charge in [0.2, 0.25) is 11.8 Å². The normalized spacial score (nSPS) is 10.9. The van der Waals surface area contributed by atoms with Gasteiger partial charge in [-0.3, -0.25) is 9.59 Å². The van der Waals surface area contributed by atoms with Crippen LogP contribution in [0.4, 0.5) is 0 Å². The maximum absolute atomic E-state index is 11.6. The molecule has 0 bridgehead atoms. The van der Waals surface area contributed by atoms with Crippen LogP contribution in [0.2, 0.25) is 0 Å². The van der Waals surface area contributed by atoms with Crippen molar-refractivity contribution in [3.63, 3.8) is 0 Å². The zero-order chi connectivity index (χ0) is 37.5. The number of rotatable bonds is 34. The van der Waals surface area contributed by atoms with Crippen molar-refractivity contribution < 1.29 is 29.4 Å². The summed E-state index contributed by atoms with van der Waals surface area (Å²) in [7, 11) is 3.02. The van der Waals surface area contributed by atoms with E-state index in [1.54, 1.807) is 0 Å². The molecule has 51 heavy (non-hydrogen) atoms. The zero-order valence-corrected chi connectivity index (χ0v) is 35.8. The molecule has 0 aliphatic carbocycles. The van der Waals surface area contributed by atoms with Crippen LogP contribution >= 0.6 is 0 Å². The molecule has 0 aromatic carbocycles. The van der Waals surface area contributed by atoms with Gasteiger partial charge in [0.1, 0.15) is 0 Å². The summed E-state index contributed by atoms with van der Waals surface area (Å²) >= 11 is 0. The zero-order valence-electron chi connectivity index (χ0n) is 33.6. The second kappa shape index (κ2) is 43.0. The predicted molar refractivity (Wildman–Crippen MR) is 210 cm³/mol. The average Bonchev–Trinajstić information content (AvgIpc) is 3.07. The number of nitrogens with zero attached hydrogens (tertiary/aromatic N) is 2. The van der Waals surface area contributed by atoms with Crippen molar-refractivity contribution >= 4 is 61.5 Å². The Labute approximate surface area is 343 Å². The second-order valence-electron chi connectivity index (χ2n) is 13.9. The summed E-state index contributed by atoms with van der Waals surface area (Å²) in [6.07, 6.45) is 42.0. The van der Waals surface area contributed by atoms with Crippen molar-refractivity contribution in [2.24, 2.45) is 0 Å². The smallest absolute Gasteiger partial charge is 0.548 e. The van der Waals surface area contributed by atoms with Crippen molar-refractivity contribution in [2.45, 2.75) is 194 Å². The van der Waals surface area contributed by atoms with E-state index in [0.717, 1.165) is 51.4 Å². The van der Waals surface area contributed by atoms with Crippen LogP contribution in [0.15, 0.2) is 24.3 Å². The van der Waals surface area contributed by atoms with E-state index in [1.165, 1.54) is 139 Å². The number of hydrogen-bond donors (Lipinski definition) is 0. The Bertz CT molecular complexity index is 809. The number of carbonyl (C=O) groups is 4. The molecular formula is C42H76CaN2O6. The van der Waals surface area contributed by atoms with E-state index in [2.05, 4.69) is 38.2 Å². The Morgan fingerprint density at radius 3 is 0.902 bits per heavy atom. The number of allylic oxidation sites excluding steroid dienone is 4. The molecule has 0 heterocycles. The molecule has 292 valence electrons. The maximum Gasteiger partial charge on any atom is 2.00 e. The van der Waals surface area contributed by atoms with Gasteiger partial charge in [-0.1, -0.05) is 141 Å². The van der Waals surface area contributed by atoms with Crippen molar-refractivity contribution in [2.75, 3.05) is 27.2 Å². The summed E-state index contributed by atoms with van der Waals surface area (Å²) in [5.74, 6) is -2.63. The summed E-state index contributed by atoms with van der Waals surface area (Å²) in [5.41, 5.74) is 0. The molecule has 0 atom stereocenters. The monoisotopic (exact) mass is 745 g/mol. The maximum atomic E-state index is 11.6. The molecule has 0 spiro atoms. The molecule has 0 aliphatic rings. The van der Waals surface area contributed by atoms with Crippen LogP contribution in [0, 0.1) is 0 Å². The predicted octanol–water partition coefficient (Wildman–Crippen LogP) is 8.08. The summed E-state index contributed by atoms with van der Waals surface area (Å²) in [6.45, 7) is 3.87. The summed E-state index contributed by atoms with van der Waals surface area (Å²) in [5, 5.41) is 20.8. The van der Waals surface area contributed by atoms with Gasteiger partial charge in [0.15, 0.2) is 0 Å². The molecule has 0 saturated heterocycles. The number of hydrogen-bond acceptors (Lipinski definition) is 6. The Hall–Kier alpha value is -1.38. The van der Waals surface area contributed by atoms with Crippen molar-refractivity contribution in [3.8, 4) is 0 Å². The molecule has 0 aliphatic heterocycles. The van der Waals surface area contributed by atoms with Gasteiger partial charge in [-0.05, 0) is 64.2 Å². The van der Waals surface area contributed by atoms with E-state index in [9.17, 15) is 29.4 Å². The molecule has 0 aromatic heterocycles. The van der Waals surface area contributed by atoms with Gasteiger partial charge in [-0.2, -0.15) is 0 Å². The number of carbonyl (C=O) groups excluding carboxylic acids is 4. The first kappa shape index (κ1) is 54.0. The van der Waals surface area contributed by atoms with E-state index < -0.39 is 11.9 Å². The minimum Gasteiger partial charge on any atom is -0.548 e. The standard InChI is InChI=1S/2C21H39NO3.Ca/c2*1-3-4-5-6-7-8-9-10-11-12-13-14-15-16-17-18-20(23)22(2)19-21(24)25;/h2*10-11H,3-9,12-19H2,1-2H3,(H,24,25);/q;;+2/p-2/b2*11-10-;. The van der Waals surface area contributed by atoms with E-state index >= 15 is 0 Å².